The van der Waals surface area contributed by atoms with Crippen molar-refractivity contribution >= 4 is 17.2 Å². The molecule has 0 saturated heterocycles. The van der Waals surface area contributed by atoms with E-state index in [4.69, 9.17) is 0 Å². The number of thiazole rings is 1. The molecule has 0 radical (unpaired) electrons. The molecule has 0 N–H and O–H groups in total. The molecule has 118 valence electrons. The van der Waals surface area contributed by atoms with Crippen molar-refractivity contribution < 1.29 is 18.0 Å². The van der Waals surface area contributed by atoms with Crippen LogP contribution in [-0.4, -0.2) is 22.3 Å². The van der Waals surface area contributed by atoms with Gasteiger partial charge in [-0.25, -0.2) is 4.98 Å². The Morgan fingerprint density at radius 3 is 2.78 bits per heavy atom. The molecule has 1 aromatic heterocycles. The van der Waals surface area contributed by atoms with E-state index in [9.17, 15) is 23.2 Å². The van der Waals surface area contributed by atoms with Crippen LogP contribution in [0.5, 0.6) is 0 Å². The van der Waals surface area contributed by atoms with Crippen LogP contribution in [0.1, 0.15) is 32.5 Å². The Labute approximate surface area is 133 Å². The second-order valence-corrected chi connectivity index (χ2v) is 5.98. The molecule has 4 nitrogen and oxygen atoms in total. The van der Waals surface area contributed by atoms with Crippen LogP contribution in [0.25, 0.3) is 0 Å². The van der Waals surface area contributed by atoms with Crippen LogP contribution >= 0.6 is 11.3 Å². The SMILES string of the molecule is N#CC1c2cc(C(F)(F)F)ccc2C(=O)N1CCc1nccs1. The molecule has 2 aromatic rings. The van der Waals surface area contributed by atoms with E-state index in [0.717, 1.165) is 23.2 Å². The van der Waals surface area contributed by atoms with Gasteiger partial charge in [-0.3, -0.25) is 4.79 Å². The van der Waals surface area contributed by atoms with E-state index in [-0.39, 0.29) is 17.7 Å². The number of amides is 1. The molecule has 0 bridgehead atoms. The molecule has 0 spiro atoms. The second kappa shape index (κ2) is 5.66. The first-order valence-electron chi connectivity index (χ1n) is 6.72. The van der Waals surface area contributed by atoms with Gasteiger partial charge in [-0.05, 0) is 18.2 Å². The van der Waals surface area contributed by atoms with Gasteiger partial charge in [0.15, 0.2) is 0 Å². The van der Waals surface area contributed by atoms with E-state index in [0.29, 0.717) is 6.42 Å². The molecule has 0 aliphatic carbocycles. The van der Waals surface area contributed by atoms with E-state index in [1.54, 1.807) is 11.6 Å². The highest BCUT2D eigenvalue weighted by Gasteiger charge is 2.39. The smallest absolute Gasteiger partial charge is 0.318 e. The number of benzene rings is 1. The first-order valence-corrected chi connectivity index (χ1v) is 7.60. The van der Waals surface area contributed by atoms with Crippen molar-refractivity contribution in [2.24, 2.45) is 0 Å². The number of rotatable bonds is 3. The summed E-state index contributed by atoms with van der Waals surface area (Å²) in [7, 11) is 0. The summed E-state index contributed by atoms with van der Waals surface area (Å²) in [6.07, 6.45) is -2.41. The predicted molar refractivity (Wildman–Crippen MR) is 76.7 cm³/mol. The normalized spacial score (nSPS) is 17.2. The molecule has 23 heavy (non-hydrogen) atoms. The highest BCUT2D eigenvalue weighted by molar-refractivity contribution is 7.09. The van der Waals surface area contributed by atoms with Gasteiger partial charge < -0.3 is 4.90 Å². The monoisotopic (exact) mass is 337 g/mol. The Morgan fingerprint density at radius 2 is 2.17 bits per heavy atom. The van der Waals surface area contributed by atoms with Crippen molar-refractivity contribution in [3.63, 3.8) is 0 Å². The second-order valence-electron chi connectivity index (χ2n) is 5.01. The lowest BCUT2D eigenvalue weighted by Crippen LogP contribution is -2.29. The molecule has 2 heterocycles. The van der Waals surface area contributed by atoms with Crippen molar-refractivity contribution in [2.45, 2.75) is 18.6 Å². The minimum absolute atomic E-state index is 0.117. The lowest BCUT2D eigenvalue weighted by atomic mass is 10.0. The largest absolute Gasteiger partial charge is 0.416 e. The van der Waals surface area contributed by atoms with Crippen molar-refractivity contribution in [1.29, 1.82) is 5.26 Å². The summed E-state index contributed by atoms with van der Waals surface area (Å²) in [6, 6.07) is 3.84. The summed E-state index contributed by atoms with van der Waals surface area (Å²) >= 11 is 1.43. The van der Waals surface area contributed by atoms with Crippen LogP contribution in [0, 0.1) is 11.3 Å². The Kier molecular flexibility index (Phi) is 3.82. The highest BCUT2D eigenvalue weighted by atomic mass is 32.1. The van der Waals surface area contributed by atoms with Gasteiger partial charge in [0.25, 0.3) is 5.91 Å². The van der Waals surface area contributed by atoms with Crippen LogP contribution in [0.2, 0.25) is 0 Å². The Bertz CT molecular complexity index is 780. The Morgan fingerprint density at radius 1 is 1.39 bits per heavy atom. The van der Waals surface area contributed by atoms with Gasteiger partial charge in [0.1, 0.15) is 6.04 Å². The number of nitriles is 1. The molecule has 1 unspecified atom stereocenters. The Hall–Kier alpha value is -2.40. The van der Waals surface area contributed by atoms with E-state index < -0.39 is 23.7 Å². The third-order valence-electron chi connectivity index (χ3n) is 3.65. The first kappa shape index (κ1) is 15.5. The summed E-state index contributed by atoms with van der Waals surface area (Å²) in [4.78, 5) is 17.8. The topological polar surface area (TPSA) is 57.0 Å². The van der Waals surface area contributed by atoms with Crippen molar-refractivity contribution in [3.8, 4) is 6.07 Å². The maximum absolute atomic E-state index is 12.8. The molecule has 8 heteroatoms. The van der Waals surface area contributed by atoms with E-state index >= 15 is 0 Å². The molecule has 0 saturated carbocycles. The van der Waals surface area contributed by atoms with Gasteiger partial charge in [0, 0.05) is 35.7 Å². The number of hydrogen-bond acceptors (Lipinski definition) is 4. The predicted octanol–water partition coefficient (Wildman–Crippen LogP) is 3.43. The van der Waals surface area contributed by atoms with E-state index in [2.05, 4.69) is 4.98 Å². The average molecular weight is 337 g/mol. The molecule has 1 aliphatic heterocycles. The number of carbonyl (C=O) groups excluding carboxylic acids is 1. The van der Waals surface area contributed by atoms with Crippen molar-refractivity contribution in [2.75, 3.05) is 6.54 Å². The maximum Gasteiger partial charge on any atom is 0.416 e. The minimum Gasteiger partial charge on any atom is -0.318 e. The quantitative estimate of drug-likeness (QED) is 0.862. The van der Waals surface area contributed by atoms with Gasteiger partial charge in [-0.15, -0.1) is 11.3 Å². The van der Waals surface area contributed by atoms with Gasteiger partial charge >= 0.3 is 6.18 Å². The number of fused-ring (bicyclic) bond motifs is 1. The molecule has 1 atom stereocenters. The van der Waals surface area contributed by atoms with Gasteiger partial charge in [0.2, 0.25) is 0 Å². The zero-order valence-electron chi connectivity index (χ0n) is 11.7. The van der Waals surface area contributed by atoms with Crippen molar-refractivity contribution in [1.82, 2.24) is 9.88 Å². The fourth-order valence-electron chi connectivity index (χ4n) is 2.56. The van der Waals surface area contributed by atoms with E-state index in [1.165, 1.54) is 16.2 Å². The molecular weight excluding hydrogens is 327 g/mol. The number of carbonyl (C=O) groups is 1. The van der Waals surface area contributed by atoms with Crippen LogP contribution in [0.15, 0.2) is 29.8 Å². The summed E-state index contributed by atoms with van der Waals surface area (Å²) in [6.45, 7) is 0.237. The number of aromatic nitrogens is 1. The standard InChI is InChI=1S/C15H10F3N3OS/c16-15(17,18)9-1-2-10-11(7-9)12(8-19)21(14(10)22)5-3-13-20-4-6-23-13/h1-2,4,6-7,12H,3,5H2. The summed E-state index contributed by atoms with van der Waals surface area (Å²) in [5.74, 6) is -0.420. The number of halogens is 3. The number of hydrogen-bond donors (Lipinski definition) is 0. The number of alkyl halides is 3. The zero-order valence-corrected chi connectivity index (χ0v) is 12.5. The van der Waals surface area contributed by atoms with Crippen LogP contribution in [0.3, 0.4) is 0 Å². The molecule has 1 aliphatic rings. The van der Waals surface area contributed by atoms with Crippen LogP contribution in [0.4, 0.5) is 13.2 Å². The van der Waals surface area contributed by atoms with Crippen LogP contribution in [-0.2, 0) is 12.6 Å². The maximum atomic E-state index is 12.8. The lowest BCUT2D eigenvalue weighted by Gasteiger charge is -2.19. The lowest BCUT2D eigenvalue weighted by molar-refractivity contribution is -0.137. The van der Waals surface area contributed by atoms with Gasteiger partial charge in [-0.1, -0.05) is 0 Å². The third kappa shape index (κ3) is 2.80. The van der Waals surface area contributed by atoms with Crippen LogP contribution < -0.4 is 0 Å². The van der Waals surface area contributed by atoms with Gasteiger partial charge in [0.05, 0.1) is 16.6 Å². The fraction of sp³-hybridized carbons (Fsp3) is 0.267. The highest BCUT2D eigenvalue weighted by Crippen LogP contribution is 2.38. The van der Waals surface area contributed by atoms with Crippen molar-refractivity contribution in [3.05, 3.63) is 51.5 Å². The fourth-order valence-corrected chi connectivity index (χ4v) is 3.17. The average Bonchev–Trinajstić information content (AvgIpc) is 3.10. The summed E-state index contributed by atoms with van der Waals surface area (Å²) in [5, 5.41) is 11.9. The minimum atomic E-state index is -4.51. The molecular formula is C15H10F3N3OS. The zero-order chi connectivity index (χ0) is 16.6. The number of nitrogens with zero attached hydrogens (tertiary/aromatic N) is 3. The summed E-state index contributed by atoms with van der Waals surface area (Å²) < 4.78 is 38.5. The summed E-state index contributed by atoms with van der Waals surface area (Å²) in [5.41, 5.74) is -0.582. The third-order valence-corrected chi connectivity index (χ3v) is 4.49. The molecule has 0 fully saturated rings. The first-order chi connectivity index (χ1) is 10.9. The molecule has 1 aromatic carbocycles. The molecule has 3 rings (SSSR count). The van der Waals surface area contributed by atoms with E-state index in [1.807, 2.05) is 6.07 Å². The van der Waals surface area contributed by atoms with Gasteiger partial charge in [-0.2, -0.15) is 18.4 Å². The Balaban J connectivity index is 1.89. The molecule has 1 amide bonds.